The molecule has 0 bridgehead atoms. The van der Waals surface area contributed by atoms with Crippen LogP contribution in [0.2, 0.25) is 0 Å². The number of rotatable bonds is 3. The average Bonchev–Trinajstić information content (AvgIpc) is 3.58. The van der Waals surface area contributed by atoms with Crippen LogP contribution < -0.4 is 0 Å². The van der Waals surface area contributed by atoms with Gasteiger partial charge >= 0.3 is 0 Å². The molecule has 9 aromatic carbocycles. The largest absolute Gasteiger partial charge is 0.0622 e. The summed E-state index contributed by atoms with van der Waals surface area (Å²) in [6.45, 7) is 9.65. The standard InChI is InChI=1S/C54H40/c1-53(2)46-25-15-13-23-43(46)51-47(53)32-44-38-18-12-14-24-45(38)54(3,4)52(44)50(51)37-29-27-34-30-36(28-26-35(34)31-37)49-41-21-10-8-19-39(41)48(33-16-6-5-7-17-33)40-20-9-11-22-42(40)49/h5-32H,1-4H3. The van der Waals surface area contributed by atoms with Crippen LogP contribution in [0.5, 0.6) is 0 Å². The van der Waals surface area contributed by atoms with E-state index < -0.39 is 0 Å². The molecule has 54 heavy (non-hydrogen) atoms. The molecule has 9 aromatic rings. The van der Waals surface area contributed by atoms with E-state index in [2.05, 4.69) is 198 Å². The molecule has 0 aliphatic heterocycles. The Bertz CT molecular complexity index is 2970. The summed E-state index contributed by atoms with van der Waals surface area (Å²) in [6, 6.07) is 63.7. The molecule has 2 aliphatic carbocycles. The van der Waals surface area contributed by atoms with Gasteiger partial charge in [0.05, 0.1) is 0 Å². The van der Waals surface area contributed by atoms with Crippen molar-refractivity contribution in [2.45, 2.75) is 38.5 Å². The average molecular weight is 689 g/mol. The van der Waals surface area contributed by atoms with Crippen molar-refractivity contribution in [3.63, 3.8) is 0 Å². The zero-order valence-electron chi connectivity index (χ0n) is 31.2. The van der Waals surface area contributed by atoms with Gasteiger partial charge in [0.25, 0.3) is 0 Å². The van der Waals surface area contributed by atoms with Gasteiger partial charge < -0.3 is 0 Å². The van der Waals surface area contributed by atoms with Crippen molar-refractivity contribution in [3.05, 3.63) is 192 Å². The van der Waals surface area contributed by atoms with E-state index in [1.54, 1.807) is 0 Å². The predicted molar refractivity (Wildman–Crippen MR) is 230 cm³/mol. The first-order chi connectivity index (χ1) is 26.3. The Balaban J connectivity index is 1.15. The smallest absolute Gasteiger partial charge is 0.0165 e. The van der Waals surface area contributed by atoms with Gasteiger partial charge in [-0.25, -0.2) is 0 Å². The van der Waals surface area contributed by atoms with Crippen molar-refractivity contribution in [1.82, 2.24) is 0 Å². The Hall–Kier alpha value is -6.24. The van der Waals surface area contributed by atoms with Gasteiger partial charge in [0, 0.05) is 10.8 Å². The molecule has 0 radical (unpaired) electrons. The molecular weight excluding hydrogens is 649 g/mol. The summed E-state index contributed by atoms with van der Waals surface area (Å²) in [4.78, 5) is 0. The van der Waals surface area contributed by atoms with Gasteiger partial charge in [0.15, 0.2) is 0 Å². The van der Waals surface area contributed by atoms with Crippen molar-refractivity contribution in [1.29, 1.82) is 0 Å². The van der Waals surface area contributed by atoms with E-state index in [0.29, 0.717) is 0 Å². The third-order valence-corrected chi connectivity index (χ3v) is 12.8. The minimum atomic E-state index is -0.134. The Kier molecular flexibility index (Phi) is 6.46. The summed E-state index contributed by atoms with van der Waals surface area (Å²) < 4.78 is 0. The first-order valence-corrected chi connectivity index (χ1v) is 19.3. The van der Waals surface area contributed by atoms with Crippen LogP contribution in [0.3, 0.4) is 0 Å². The van der Waals surface area contributed by atoms with Crippen molar-refractivity contribution in [2.24, 2.45) is 0 Å². The third kappa shape index (κ3) is 4.20. The van der Waals surface area contributed by atoms with Crippen LogP contribution in [0.25, 0.3) is 88.0 Å². The van der Waals surface area contributed by atoms with E-state index >= 15 is 0 Å². The summed E-state index contributed by atoms with van der Waals surface area (Å²) in [6.07, 6.45) is 0. The summed E-state index contributed by atoms with van der Waals surface area (Å²) in [5.41, 5.74) is 18.8. The SMILES string of the molecule is CC1(C)c2ccccc2-c2c1cc1c(c2-c2ccc3cc(-c4c5ccccc5c(-c5ccccc5)c5ccccc45)ccc3c2)C(C)(C)c2ccccc2-1. The molecule has 0 nitrogen and oxygen atoms in total. The molecule has 0 unspecified atom stereocenters. The van der Waals surface area contributed by atoms with Gasteiger partial charge in [-0.1, -0.05) is 179 Å². The first kappa shape index (κ1) is 31.3. The van der Waals surface area contributed by atoms with E-state index in [1.807, 2.05) is 0 Å². The minimum Gasteiger partial charge on any atom is -0.0622 e. The molecule has 2 aliphatic rings. The fourth-order valence-corrected chi connectivity index (χ4v) is 10.3. The van der Waals surface area contributed by atoms with E-state index in [1.165, 1.54) is 110 Å². The van der Waals surface area contributed by atoms with Gasteiger partial charge in [0.2, 0.25) is 0 Å². The maximum atomic E-state index is 2.53. The van der Waals surface area contributed by atoms with Gasteiger partial charge in [-0.05, 0) is 128 Å². The van der Waals surface area contributed by atoms with Gasteiger partial charge in [-0.3, -0.25) is 0 Å². The highest BCUT2D eigenvalue weighted by atomic mass is 14.5. The number of fused-ring (bicyclic) bond motifs is 9. The van der Waals surface area contributed by atoms with E-state index in [4.69, 9.17) is 0 Å². The molecule has 0 saturated carbocycles. The Morgan fingerprint density at radius 1 is 0.296 bits per heavy atom. The maximum absolute atomic E-state index is 2.53. The minimum absolute atomic E-state index is 0.0925. The second-order valence-corrected chi connectivity index (χ2v) is 16.4. The summed E-state index contributed by atoms with van der Waals surface area (Å²) in [5, 5.41) is 7.65. The van der Waals surface area contributed by atoms with Gasteiger partial charge in [-0.15, -0.1) is 0 Å². The summed E-state index contributed by atoms with van der Waals surface area (Å²) in [7, 11) is 0. The lowest BCUT2D eigenvalue weighted by molar-refractivity contribution is 0.653. The molecule has 0 saturated heterocycles. The molecule has 0 aromatic heterocycles. The zero-order chi connectivity index (χ0) is 36.3. The molecule has 256 valence electrons. The molecule has 0 heteroatoms. The van der Waals surface area contributed by atoms with Crippen LogP contribution in [0.15, 0.2) is 170 Å². The molecule has 0 spiro atoms. The van der Waals surface area contributed by atoms with Crippen LogP contribution in [0.1, 0.15) is 49.9 Å². The second-order valence-electron chi connectivity index (χ2n) is 16.4. The van der Waals surface area contributed by atoms with Crippen LogP contribution in [0, 0.1) is 0 Å². The van der Waals surface area contributed by atoms with Crippen molar-refractivity contribution < 1.29 is 0 Å². The van der Waals surface area contributed by atoms with Crippen LogP contribution in [0.4, 0.5) is 0 Å². The zero-order valence-corrected chi connectivity index (χ0v) is 31.2. The van der Waals surface area contributed by atoms with Crippen molar-refractivity contribution in [2.75, 3.05) is 0 Å². The lowest BCUT2D eigenvalue weighted by Crippen LogP contribution is -2.18. The quantitative estimate of drug-likeness (QED) is 0.162. The normalized spacial score (nSPS) is 14.6. The molecular formula is C54H40. The van der Waals surface area contributed by atoms with E-state index in [9.17, 15) is 0 Å². The Morgan fingerprint density at radius 3 is 1.35 bits per heavy atom. The van der Waals surface area contributed by atoms with Crippen LogP contribution in [-0.4, -0.2) is 0 Å². The van der Waals surface area contributed by atoms with Crippen LogP contribution >= 0.6 is 0 Å². The number of hydrogen-bond donors (Lipinski definition) is 0. The number of hydrogen-bond acceptors (Lipinski definition) is 0. The maximum Gasteiger partial charge on any atom is 0.0165 e. The van der Waals surface area contributed by atoms with Gasteiger partial charge in [0.1, 0.15) is 0 Å². The Morgan fingerprint density at radius 2 is 0.759 bits per heavy atom. The molecule has 0 atom stereocenters. The van der Waals surface area contributed by atoms with E-state index in [-0.39, 0.29) is 10.8 Å². The summed E-state index contributed by atoms with van der Waals surface area (Å²) in [5.74, 6) is 0. The lowest BCUT2D eigenvalue weighted by atomic mass is 9.75. The van der Waals surface area contributed by atoms with Crippen LogP contribution in [-0.2, 0) is 10.8 Å². The fourth-order valence-electron chi connectivity index (χ4n) is 10.3. The van der Waals surface area contributed by atoms with Crippen molar-refractivity contribution >= 4 is 32.3 Å². The fraction of sp³-hybridized carbons (Fsp3) is 0.111. The molecule has 0 heterocycles. The van der Waals surface area contributed by atoms with Gasteiger partial charge in [-0.2, -0.15) is 0 Å². The third-order valence-electron chi connectivity index (χ3n) is 12.8. The first-order valence-electron chi connectivity index (χ1n) is 19.3. The highest BCUT2D eigenvalue weighted by Gasteiger charge is 2.44. The lowest BCUT2D eigenvalue weighted by Gasteiger charge is -2.28. The van der Waals surface area contributed by atoms with E-state index in [0.717, 1.165) is 0 Å². The highest BCUT2D eigenvalue weighted by molar-refractivity contribution is 6.21. The highest BCUT2D eigenvalue weighted by Crippen LogP contribution is 2.60. The Labute approximate surface area is 317 Å². The second kappa shape index (κ2) is 11.1. The molecule has 0 amide bonds. The monoisotopic (exact) mass is 688 g/mol. The molecule has 11 rings (SSSR count). The number of benzene rings is 9. The topological polar surface area (TPSA) is 0 Å². The molecule has 0 N–H and O–H groups in total. The van der Waals surface area contributed by atoms with Crippen molar-refractivity contribution in [3.8, 4) is 55.6 Å². The predicted octanol–water partition coefficient (Wildman–Crippen LogP) is 14.8. The molecule has 0 fully saturated rings. The summed E-state index contributed by atoms with van der Waals surface area (Å²) >= 11 is 0.